The fourth-order valence-electron chi connectivity index (χ4n) is 3.52. The maximum atomic E-state index is 3.83. The molecule has 19 heavy (non-hydrogen) atoms. The summed E-state index contributed by atoms with van der Waals surface area (Å²) in [6.45, 7) is 19.1. The largest absolute Gasteiger partial charge is 0.314 e. The number of likely N-dealkylation sites (tertiary alicyclic amines) is 1. The Bertz CT molecular complexity index is 229. The van der Waals surface area contributed by atoms with Crippen LogP contribution in [-0.4, -0.2) is 37.1 Å². The van der Waals surface area contributed by atoms with Crippen LogP contribution in [0.5, 0.6) is 0 Å². The normalized spacial score (nSPS) is 23.5. The third kappa shape index (κ3) is 5.43. The molecule has 0 spiro atoms. The van der Waals surface area contributed by atoms with Crippen molar-refractivity contribution in [3.8, 4) is 0 Å². The first-order chi connectivity index (χ1) is 8.95. The van der Waals surface area contributed by atoms with Crippen molar-refractivity contribution >= 4 is 0 Å². The van der Waals surface area contributed by atoms with E-state index in [1.807, 2.05) is 0 Å². The Hall–Kier alpha value is -0.0800. The highest BCUT2D eigenvalue weighted by Gasteiger charge is 2.25. The predicted molar refractivity (Wildman–Crippen MR) is 85.5 cm³/mol. The minimum atomic E-state index is 0.661. The molecule has 0 radical (unpaired) electrons. The number of hydrogen-bond acceptors (Lipinski definition) is 2. The lowest BCUT2D eigenvalue weighted by atomic mass is 9.84. The zero-order chi connectivity index (χ0) is 14.4. The Kier molecular flexibility index (Phi) is 7.38. The third-order valence-corrected chi connectivity index (χ3v) is 5.08. The number of nitrogens with one attached hydrogen (secondary N) is 1. The van der Waals surface area contributed by atoms with Crippen molar-refractivity contribution in [1.29, 1.82) is 0 Å². The maximum absolute atomic E-state index is 3.83. The smallest absolute Gasteiger partial charge is 0.00793 e. The van der Waals surface area contributed by atoms with Gasteiger partial charge in [0.25, 0.3) is 0 Å². The van der Waals surface area contributed by atoms with Crippen LogP contribution in [0.4, 0.5) is 0 Å². The van der Waals surface area contributed by atoms with Crippen LogP contribution in [0.25, 0.3) is 0 Å². The molecular formula is C17H36N2. The van der Waals surface area contributed by atoms with Gasteiger partial charge in [-0.15, -0.1) is 0 Å². The number of hydrogen-bond donors (Lipinski definition) is 1. The lowest BCUT2D eigenvalue weighted by molar-refractivity contribution is 0.150. The summed E-state index contributed by atoms with van der Waals surface area (Å²) in [4.78, 5) is 2.61. The first kappa shape index (κ1) is 17.0. The summed E-state index contributed by atoms with van der Waals surface area (Å²) in [7, 11) is 0. The van der Waals surface area contributed by atoms with E-state index in [0.29, 0.717) is 6.04 Å². The molecule has 2 heteroatoms. The summed E-state index contributed by atoms with van der Waals surface area (Å²) in [5, 5.41) is 3.83. The number of rotatable bonds is 7. The number of piperidine rings is 1. The summed E-state index contributed by atoms with van der Waals surface area (Å²) in [6.07, 6.45) is 2.78. The zero-order valence-electron chi connectivity index (χ0n) is 14.1. The van der Waals surface area contributed by atoms with Crippen molar-refractivity contribution in [2.45, 2.75) is 60.4 Å². The van der Waals surface area contributed by atoms with E-state index in [0.717, 1.165) is 23.7 Å². The van der Waals surface area contributed by atoms with Gasteiger partial charge in [0, 0.05) is 12.6 Å². The number of nitrogens with zero attached hydrogens (tertiary/aromatic N) is 1. The van der Waals surface area contributed by atoms with E-state index in [1.54, 1.807) is 0 Å². The fourth-order valence-corrected chi connectivity index (χ4v) is 3.52. The first-order valence-electron chi connectivity index (χ1n) is 8.41. The van der Waals surface area contributed by atoms with Gasteiger partial charge in [-0.05, 0) is 63.1 Å². The lowest BCUT2D eigenvalue weighted by Crippen LogP contribution is -2.46. The monoisotopic (exact) mass is 268 g/mol. The summed E-state index contributed by atoms with van der Waals surface area (Å²) in [6, 6.07) is 0.661. The first-order valence-corrected chi connectivity index (χ1v) is 8.41. The van der Waals surface area contributed by atoms with Crippen LogP contribution in [0.15, 0.2) is 0 Å². The molecule has 114 valence electrons. The van der Waals surface area contributed by atoms with Crippen molar-refractivity contribution in [2.24, 2.45) is 23.7 Å². The van der Waals surface area contributed by atoms with Crippen LogP contribution in [0.1, 0.15) is 54.4 Å². The minimum Gasteiger partial charge on any atom is -0.314 e. The Morgan fingerprint density at radius 2 is 1.74 bits per heavy atom. The molecule has 0 aromatic carbocycles. The molecule has 0 bridgehead atoms. The third-order valence-electron chi connectivity index (χ3n) is 5.08. The summed E-state index contributed by atoms with van der Waals surface area (Å²) in [5.41, 5.74) is 0. The second-order valence-corrected chi connectivity index (χ2v) is 7.14. The predicted octanol–water partition coefficient (Wildman–Crippen LogP) is 3.62. The summed E-state index contributed by atoms with van der Waals surface area (Å²) < 4.78 is 0. The van der Waals surface area contributed by atoms with Gasteiger partial charge in [0.1, 0.15) is 0 Å². The molecule has 1 fully saturated rings. The van der Waals surface area contributed by atoms with Crippen molar-refractivity contribution in [2.75, 3.05) is 26.2 Å². The van der Waals surface area contributed by atoms with Gasteiger partial charge in [-0.3, -0.25) is 0 Å². The van der Waals surface area contributed by atoms with Gasteiger partial charge in [0.05, 0.1) is 0 Å². The molecule has 1 saturated heterocycles. The maximum Gasteiger partial charge on any atom is 0.00793 e. The zero-order valence-corrected chi connectivity index (χ0v) is 14.1. The van der Waals surface area contributed by atoms with Gasteiger partial charge in [0.2, 0.25) is 0 Å². The molecule has 0 aliphatic carbocycles. The molecule has 1 aliphatic heterocycles. The minimum absolute atomic E-state index is 0.661. The van der Waals surface area contributed by atoms with Crippen LogP contribution < -0.4 is 5.32 Å². The van der Waals surface area contributed by atoms with Crippen LogP contribution in [0.3, 0.4) is 0 Å². The Morgan fingerprint density at radius 3 is 2.26 bits per heavy atom. The fraction of sp³-hybridized carbons (Fsp3) is 1.00. The van der Waals surface area contributed by atoms with Gasteiger partial charge in [-0.1, -0.05) is 34.6 Å². The average molecular weight is 268 g/mol. The molecule has 2 nitrogen and oxygen atoms in total. The lowest BCUT2D eigenvalue weighted by Gasteiger charge is -2.36. The molecule has 1 aliphatic rings. The molecule has 0 aromatic heterocycles. The quantitative estimate of drug-likeness (QED) is 0.758. The van der Waals surface area contributed by atoms with Crippen molar-refractivity contribution in [3.05, 3.63) is 0 Å². The molecule has 0 aromatic rings. The Labute approximate surface area is 121 Å². The second-order valence-electron chi connectivity index (χ2n) is 7.14. The topological polar surface area (TPSA) is 15.3 Å². The average Bonchev–Trinajstić information content (AvgIpc) is 2.38. The molecular weight excluding hydrogens is 232 g/mol. The highest BCUT2D eigenvalue weighted by molar-refractivity contribution is 4.81. The van der Waals surface area contributed by atoms with E-state index in [1.165, 1.54) is 39.0 Å². The Morgan fingerprint density at radius 1 is 1.11 bits per heavy atom. The van der Waals surface area contributed by atoms with E-state index in [4.69, 9.17) is 0 Å². The van der Waals surface area contributed by atoms with Crippen LogP contribution in [0, 0.1) is 23.7 Å². The van der Waals surface area contributed by atoms with E-state index >= 15 is 0 Å². The van der Waals surface area contributed by atoms with E-state index in [9.17, 15) is 0 Å². The molecule has 0 saturated carbocycles. The van der Waals surface area contributed by atoms with Crippen molar-refractivity contribution in [3.63, 3.8) is 0 Å². The SMILES string of the molecule is CCN1CCCC(C(C)NCC(C(C)C)C(C)C)C1. The van der Waals surface area contributed by atoms with Gasteiger partial charge in [0.15, 0.2) is 0 Å². The van der Waals surface area contributed by atoms with Gasteiger partial charge in [-0.25, -0.2) is 0 Å². The van der Waals surface area contributed by atoms with E-state index in [-0.39, 0.29) is 0 Å². The highest BCUT2D eigenvalue weighted by Crippen LogP contribution is 2.22. The van der Waals surface area contributed by atoms with Gasteiger partial charge in [-0.2, -0.15) is 0 Å². The molecule has 1 heterocycles. The Balaban J connectivity index is 2.39. The van der Waals surface area contributed by atoms with Gasteiger partial charge >= 0.3 is 0 Å². The van der Waals surface area contributed by atoms with Crippen molar-refractivity contribution < 1.29 is 0 Å². The van der Waals surface area contributed by atoms with Crippen LogP contribution in [0.2, 0.25) is 0 Å². The molecule has 2 unspecified atom stereocenters. The molecule has 1 N–H and O–H groups in total. The standard InChI is InChI=1S/C17H36N2/c1-7-19-10-8-9-16(12-19)15(6)18-11-17(13(2)3)14(4)5/h13-18H,7-12H2,1-6H3. The molecule has 0 amide bonds. The second kappa shape index (κ2) is 8.26. The highest BCUT2D eigenvalue weighted by atomic mass is 15.1. The van der Waals surface area contributed by atoms with Crippen LogP contribution in [-0.2, 0) is 0 Å². The summed E-state index contributed by atoms with van der Waals surface area (Å²) in [5.74, 6) is 3.19. The molecule has 2 atom stereocenters. The van der Waals surface area contributed by atoms with Gasteiger partial charge < -0.3 is 10.2 Å². The molecule has 1 rings (SSSR count). The summed E-state index contributed by atoms with van der Waals surface area (Å²) >= 11 is 0. The van der Waals surface area contributed by atoms with Crippen LogP contribution >= 0.6 is 0 Å². The van der Waals surface area contributed by atoms with Crippen molar-refractivity contribution in [1.82, 2.24) is 10.2 Å². The van der Waals surface area contributed by atoms with E-state index < -0.39 is 0 Å². The van der Waals surface area contributed by atoms with E-state index in [2.05, 4.69) is 51.8 Å².